The quantitative estimate of drug-likeness (QED) is 0.154. The fourth-order valence-electron chi connectivity index (χ4n) is 8.52. The third-order valence-electron chi connectivity index (χ3n) is 11.5. The maximum atomic E-state index is 6.68. The summed E-state index contributed by atoms with van der Waals surface area (Å²) in [5.74, 6) is 0.703. The predicted octanol–water partition coefficient (Wildman–Crippen LogP) is 15.7. The number of nitrogens with zero attached hydrogens (tertiary/aromatic N) is 2. The summed E-state index contributed by atoms with van der Waals surface area (Å²) >= 11 is 0. The number of para-hydroxylation sites is 2. The number of fused-ring (bicyclic) bond motifs is 3. The highest BCUT2D eigenvalue weighted by Gasteiger charge is 2.21. The summed E-state index contributed by atoms with van der Waals surface area (Å²) < 4.78 is 6.68. The summed E-state index contributed by atoms with van der Waals surface area (Å²) in [5, 5.41) is 2.23. The number of furan rings is 1. The molecule has 0 aliphatic heterocycles. The molecule has 0 unspecified atom stereocenters. The molecule has 0 fully saturated rings. The lowest BCUT2D eigenvalue weighted by Crippen LogP contribution is -1.96. The van der Waals surface area contributed by atoms with Crippen molar-refractivity contribution >= 4 is 21.9 Å². The van der Waals surface area contributed by atoms with Gasteiger partial charge in [0.05, 0.1) is 11.4 Å². The number of hydrogen-bond donors (Lipinski definition) is 0. The molecule has 0 saturated carbocycles. The molecule has 0 spiro atoms. The summed E-state index contributed by atoms with van der Waals surface area (Å²) in [6, 6.07) is 81.2. The van der Waals surface area contributed by atoms with Crippen LogP contribution in [0.25, 0.3) is 111 Å². The lowest BCUT2D eigenvalue weighted by molar-refractivity contribution is 0.670. The Hall–Kier alpha value is -8.14. The molecule has 0 saturated heterocycles. The summed E-state index contributed by atoms with van der Waals surface area (Å²) in [6.07, 6.45) is 0. The van der Waals surface area contributed by atoms with E-state index in [4.69, 9.17) is 14.4 Å². The molecule has 2 aromatic heterocycles. The van der Waals surface area contributed by atoms with E-state index in [-0.39, 0.29) is 0 Å². The van der Waals surface area contributed by atoms with Gasteiger partial charge in [0, 0.05) is 33.0 Å². The third kappa shape index (κ3) is 6.88. The van der Waals surface area contributed by atoms with E-state index in [2.05, 4.69) is 188 Å². The number of hydrogen-bond acceptors (Lipinski definition) is 3. The van der Waals surface area contributed by atoms with Crippen LogP contribution in [-0.2, 0) is 0 Å². The first-order chi connectivity index (χ1) is 30.2. The minimum Gasteiger partial charge on any atom is -0.455 e. The Bertz CT molecular complexity index is 3260. The minimum absolute atomic E-state index is 0.703. The molecule has 3 nitrogen and oxygen atoms in total. The second-order valence-electron chi connectivity index (χ2n) is 15.3. The minimum atomic E-state index is 0.703. The Morgan fingerprint density at radius 1 is 0.279 bits per heavy atom. The molecule has 0 aliphatic rings. The Morgan fingerprint density at radius 2 is 0.787 bits per heavy atom. The fraction of sp³-hybridized carbons (Fsp3) is 0. The van der Waals surface area contributed by atoms with Gasteiger partial charge in [0.15, 0.2) is 5.82 Å². The van der Waals surface area contributed by atoms with E-state index in [1.165, 1.54) is 0 Å². The van der Waals surface area contributed by atoms with Gasteiger partial charge >= 0.3 is 0 Å². The van der Waals surface area contributed by atoms with Gasteiger partial charge < -0.3 is 4.42 Å². The van der Waals surface area contributed by atoms with Gasteiger partial charge in [-0.15, -0.1) is 0 Å². The van der Waals surface area contributed by atoms with Crippen LogP contribution in [0.1, 0.15) is 0 Å². The first kappa shape index (κ1) is 36.0. The molecule has 2 heterocycles. The van der Waals surface area contributed by atoms with Crippen molar-refractivity contribution in [1.29, 1.82) is 0 Å². The highest BCUT2D eigenvalue weighted by atomic mass is 16.3. The molecule has 3 heteroatoms. The Balaban J connectivity index is 1.05. The fourth-order valence-corrected chi connectivity index (χ4v) is 8.52. The van der Waals surface area contributed by atoms with Crippen molar-refractivity contribution in [3.8, 4) is 89.5 Å². The molecule has 0 aliphatic carbocycles. The van der Waals surface area contributed by atoms with Crippen LogP contribution in [0.4, 0.5) is 0 Å². The molecule has 11 rings (SSSR count). The Labute approximate surface area is 354 Å². The second-order valence-corrected chi connectivity index (χ2v) is 15.3. The number of benzene rings is 9. The Morgan fingerprint density at radius 3 is 1.51 bits per heavy atom. The number of rotatable bonds is 8. The van der Waals surface area contributed by atoms with Crippen LogP contribution in [0.15, 0.2) is 235 Å². The largest absolute Gasteiger partial charge is 0.455 e. The summed E-state index contributed by atoms with van der Waals surface area (Å²) in [6.45, 7) is 0. The van der Waals surface area contributed by atoms with E-state index in [1.807, 2.05) is 42.5 Å². The van der Waals surface area contributed by atoms with Gasteiger partial charge in [0.2, 0.25) is 0 Å². The first-order valence-electron chi connectivity index (χ1n) is 20.6. The standard InChI is InChI=1S/C58H38N2O/c1-5-17-39(18-6-1)47-36-51(56(43-21-9-3-10-22-43)52(37-47)50-29-16-28-49-48-27-13-14-30-55(48)61-57(49)50)41-33-31-40(32-34-41)45-25-15-26-46(35-45)54-38-53(42-19-7-2-8-20-42)59-58(60-54)44-23-11-4-12-24-44/h1-38H. The lowest BCUT2D eigenvalue weighted by atomic mass is 9.84. The number of aromatic nitrogens is 2. The summed E-state index contributed by atoms with van der Waals surface area (Å²) in [4.78, 5) is 10.1. The van der Waals surface area contributed by atoms with Gasteiger partial charge in [0.1, 0.15) is 11.2 Å². The van der Waals surface area contributed by atoms with Crippen molar-refractivity contribution in [2.45, 2.75) is 0 Å². The maximum absolute atomic E-state index is 6.68. The molecule has 9 aromatic carbocycles. The maximum Gasteiger partial charge on any atom is 0.160 e. The third-order valence-corrected chi connectivity index (χ3v) is 11.5. The molecule has 61 heavy (non-hydrogen) atoms. The van der Waals surface area contributed by atoms with Gasteiger partial charge in [-0.25, -0.2) is 9.97 Å². The van der Waals surface area contributed by atoms with Gasteiger partial charge in [0.25, 0.3) is 0 Å². The summed E-state index contributed by atoms with van der Waals surface area (Å²) in [5.41, 5.74) is 17.9. The van der Waals surface area contributed by atoms with Crippen LogP contribution in [0.5, 0.6) is 0 Å². The predicted molar refractivity (Wildman–Crippen MR) is 253 cm³/mol. The highest BCUT2D eigenvalue weighted by molar-refractivity contribution is 6.12. The first-order valence-corrected chi connectivity index (χ1v) is 20.6. The molecule has 11 aromatic rings. The second kappa shape index (κ2) is 15.6. The normalized spacial score (nSPS) is 11.3. The molecule has 0 N–H and O–H groups in total. The Kier molecular flexibility index (Phi) is 9.18. The van der Waals surface area contributed by atoms with Gasteiger partial charge in [-0.2, -0.15) is 0 Å². The highest BCUT2D eigenvalue weighted by Crippen LogP contribution is 2.46. The van der Waals surface area contributed by atoms with Gasteiger partial charge in [-0.1, -0.05) is 200 Å². The van der Waals surface area contributed by atoms with Crippen molar-refractivity contribution in [2.24, 2.45) is 0 Å². The van der Waals surface area contributed by atoms with E-state index < -0.39 is 0 Å². The van der Waals surface area contributed by atoms with E-state index >= 15 is 0 Å². The summed E-state index contributed by atoms with van der Waals surface area (Å²) in [7, 11) is 0. The van der Waals surface area contributed by atoms with Crippen molar-refractivity contribution in [3.63, 3.8) is 0 Å². The van der Waals surface area contributed by atoms with Crippen LogP contribution in [0, 0.1) is 0 Å². The molecule has 286 valence electrons. The van der Waals surface area contributed by atoms with Crippen molar-refractivity contribution in [1.82, 2.24) is 9.97 Å². The van der Waals surface area contributed by atoms with Crippen LogP contribution < -0.4 is 0 Å². The molecule has 0 amide bonds. The van der Waals surface area contributed by atoms with Crippen molar-refractivity contribution in [2.75, 3.05) is 0 Å². The molecular formula is C58H38N2O. The van der Waals surface area contributed by atoms with Gasteiger partial charge in [-0.05, 0) is 80.4 Å². The van der Waals surface area contributed by atoms with Crippen LogP contribution in [0.2, 0.25) is 0 Å². The zero-order chi connectivity index (χ0) is 40.5. The van der Waals surface area contributed by atoms with Crippen LogP contribution in [0.3, 0.4) is 0 Å². The van der Waals surface area contributed by atoms with E-state index in [0.29, 0.717) is 5.82 Å². The molecule has 0 bridgehead atoms. The molecule has 0 radical (unpaired) electrons. The van der Waals surface area contributed by atoms with E-state index in [0.717, 1.165) is 106 Å². The van der Waals surface area contributed by atoms with Gasteiger partial charge in [-0.3, -0.25) is 0 Å². The zero-order valence-corrected chi connectivity index (χ0v) is 33.2. The molecule has 0 atom stereocenters. The van der Waals surface area contributed by atoms with E-state index in [1.54, 1.807) is 0 Å². The SMILES string of the molecule is c1ccc(-c2cc(-c3ccc(-c4cccc(-c5cc(-c6ccccc6)nc(-c6ccccc6)n5)c4)cc3)c(-c3ccccc3)c(-c3cccc4c3oc3ccccc34)c2)cc1. The topological polar surface area (TPSA) is 38.9 Å². The van der Waals surface area contributed by atoms with Crippen molar-refractivity contribution < 1.29 is 4.42 Å². The van der Waals surface area contributed by atoms with Crippen LogP contribution in [-0.4, -0.2) is 9.97 Å². The monoisotopic (exact) mass is 778 g/mol. The smallest absolute Gasteiger partial charge is 0.160 e. The van der Waals surface area contributed by atoms with Crippen molar-refractivity contribution in [3.05, 3.63) is 231 Å². The molecular weight excluding hydrogens is 741 g/mol. The average Bonchev–Trinajstić information content (AvgIpc) is 3.74. The zero-order valence-electron chi connectivity index (χ0n) is 33.2. The lowest BCUT2D eigenvalue weighted by Gasteiger charge is -2.19. The van der Waals surface area contributed by atoms with Crippen LogP contribution >= 0.6 is 0 Å². The van der Waals surface area contributed by atoms with E-state index in [9.17, 15) is 0 Å². The average molecular weight is 779 g/mol.